The Morgan fingerprint density at radius 3 is 2.29 bits per heavy atom. The number of methoxy groups -OCH3 is 2. The number of hydrogen-bond acceptors (Lipinski definition) is 5. The Bertz CT molecular complexity index is 1230. The van der Waals surface area contributed by atoms with Gasteiger partial charge in [-0.05, 0) is 71.7 Å². The van der Waals surface area contributed by atoms with Gasteiger partial charge in [0.15, 0.2) is 6.29 Å². The van der Waals surface area contributed by atoms with Gasteiger partial charge in [-0.3, -0.25) is 0 Å². The van der Waals surface area contributed by atoms with Gasteiger partial charge in [-0.25, -0.2) is 0 Å². The summed E-state index contributed by atoms with van der Waals surface area (Å²) in [5, 5.41) is 0. The predicted octanol–water partition coefficient (Wildman–Crippen LogP) is 7.71. The molecule has 0 N–H and O–H groups in total. The van der Waals surface area contributed by atoms with E-state index < -0.39 is 0 Å². The Morgan fingerprint density at radius 2 is 1.59 bits per heavy atom. The van der Waals surface area contributed by atoms with E-state index in [4.69, 9.17) is 18.9 Å². The van der Waals surface area contributed by atoms with Crippen LogP contribution in [-0.2, 0) is 27.4 Å². The number of anilines is 1. The Hall–Kier alpha value is -2.86. The van der Waals surface area contributed by atoms with Crippen molar-refractivity contribution in [2.75, 3.05) is 32.2 Å². The van der Waals surface area contributed by atoms with Crippen molar-refractivity contribution in [3.63, 3.8) is 0 Å². The molecule has 2 aliphatic heterocycles. The summed E-state index contributed by atoms with van der Waals surface area (Å²) in [6.45, 7) is 3.28. The molecule has 2 fully saturated rings. The van der Waals surface area contributed by atoms with E-state index in [-0.39, 0.29) is 18.3 Å². The summed E-state index contributed by atoms with van der Waals surface area (Å²) in [5.41, 5.74) is 6.47. The van der Waals surface area contributed by atoms with Crippen LogP contribution in [0.5, 0.6) is 5.75 Å². The molecule has 0 radical (unpaired) electrons. The van der Waals surface area contributed by atoms with E-state index in [0.717, 1.165) is 44.0 Å². The number of hydrogen-bond donors (Lipinski definition) is 0. The van der Waals surface area contributed by atoms with Crippen molar-refractivity contribution < 1.29 is 18.9 Å². The fourth-order valence-corrected chi connectivity index (χ4v) is 7.31. The molecule has 0 bridgehead atoms. The quantitative estimate of drug-likeness (QED) is 0.240. The van der Waals surface area contributed by atoms with E-state index in [2.05, 4.69) is 71.6 Å². The molecule has 1 aliphatic carbocycles. The minimum Gasteiger partial charge on any atom is -0.489 e. The lowest BCUT2D eigenvalue weighted by Gasteiger charge is -2.37. The van der Waals surface area contributed by atoms with Crippen LogP contribution in [0.25, 0.3) is 0 Å². The molecule has 3 aliphatic rings. The molecule has 0 aromatic heterocycles. The molecule has 5 nitrogen and oxygen atoms in total. The Kier molecular flexibility index (Phi) is 9.25. The van der Waals surface area contributed by atoms with Gasteiger partial charge in [-0.2, -0.15) is 0 Å². The minimum absolute atomic E-state index is 0.105. The van der Waals surface area contributed by atoms with Gasteiger partial charge in [-0.15, -0.1) is 0 Å². The summed E-state index contributed by atoms with van der Waals surface area (Å²) in [6, 6.07) is 26.3. The highest BCUT2D eigenvalue weighted by molar-refractivity contribution is 5.51. The highest BCUT2D eigenvalue weighted by Gasteiger charge is 2.35. The highest BCUT2D eigenvalue weighted by atomic mass is 16.7. The molecule has 2 atom stereocenters. The zero-order valence-electron chi connectivity index (χ0n) is 24.7. The van der Waals surface area contributed by atoms with Crippen molar-refractivity contribution in [3.8, 4) is 5.75 Å². The van der Waals surface area contributed by atoms with Gasteiger partial charge in [0.05, 0.1) is 12.7 Å². The molecule has 0 amide bonds. The van der Waals surface area contributed by atoms with Crippen molar-refractivity contribution in [1.82, 2.24) is 0 Å². The van der Waals surface area contributed by atoms with Gasteiger partial charge in [0.1, 0.15) is 12.4 Å². The lowest BCUT2D eigenvalue weighted by molar-refractivity contribution is -0.141. The van der Waals surface area contributed by atoms with Gasteiger partial charge in [0, 0.05) is 44.8 Å². The van der Waals surface area contributed by atoms with Gasteiger partial charge >= 0.3 is 0 Å². The van der Waals surface area contributed by atoms with Crippen LogP contribution in [0.4, 0.5) is 5.69 Å². The largest absolute Gasteiger partial charge is 0.489 e. The molecule has 218 valence electrons. The van der Waals surface area contributed by atoms with Crippen LogP contribution in [0.2, 0.25) is 0 Å². The number of benzene rings is 3. The zero-order valence-corrected chi connectivity index (χ0v) is 24.7. The van der Waals surface area contributed by atoms with Crippen molar-refractivity contribution in [1.29, 1.82) is 0 Å². The monoisotopic (exact) mass is 555 g/mol. The van der Waals surface area contributed by atoms with Crippen LogP contribution < -0.4 is 9.64 Å². The third kappa shape index (κ3) is 6.63. The molecule has 5 heteroatoms. The molecule has 41 heavy (non-hydrogen) atoms. The van der Waals surface area contributed by atoms with Crippen LogP contribution in [0.1, 0.15) is 73.1 Å². The first-order valence-electron chi connectivity index (χ1n) is 15.5. The van der Waals surface area contributed by atoms with Crippen LogP contribution >= 0.6 is 0 Å². The predicted molar refractivity (Wildman–Crippen MR) is 163 cm³/mol. The molecule has 3 aromatic carbocycles. The summed E-state index contributed by atoms with van der Waals surface area (Å²) < 4.78 is 23.9. The molecular weight excluding hydrogens is 510 g/mol. The summed E-state index contributed by atoms with van der Waals surface area (Å²) in [4.78, 5) is 2.50. The standard InChI is InChI=1S/C36H45NO4/c1-38-36(39-2)29-18-20-37(21-19-29)31-14-12-28(13-15-31)35-33-17-16-32(40-24-27-10-4-3-5-11-27)23-30(33)25-41-34(35)22-26-8-6-7-9-26/h3-5,10-17,23,26,29,34-36H,6-9,18-22,24-25H2,1-2H3. The third-order valence-electron chi connectivity index (χ3n) is 9.57. The second kappa shape index (κ2) is 13.4. The fraction of sp³-hybridized carbons (Fsp3) is 0.500. The smallest absolute Gasteiger partial charge is 0.159 e. The van der Waals surface area contributed by atoms with Gasteiger partial charge in [0.2, 0.25) is 0 Å². The van der Waals surface area contributed by atoms with Gasteiger partial charge in [0.25, 0.3) is 0 Å². The first kappa shape index (κ1) is 28.3. The van der Waals surface area contributed by atoms with Crippen LogP contribution in [0.15, 0.2) is 72.8 Å². The number of piperidine rings is 1. The normalized spacial score (nSPS) is 21.8. The molecular formula is C36H45NO4. The van der Waals surface area contributed by atoms with E-state index >= 15 is 0 Å². The van der Waals surface area contributed by atoms with Gasteiger partial charge in [-0.1, -0.05) is 74.2 Å². The van der Waals surface area contributed by atoms with Crippen molar-refractivity contribution in [2.24, 2.45) is 11.8 Å². The SMILES string of the molecule is COC(OC)C1CCN(c2ccc(C3c4ccc(OCc5ccccc5)cc4COC3CC3CCCC3)cc2)CC1. The number of ether oxygens (including phenoxy) is 4. The first-order chi connectivity index (χ1) is 20.2. The second-order valence-corrected chi connectivity index (χ2v) is 12.1. The second-order valence-electron chi connectivity index (χ2n) is 12.1. The lowest BCUT2D eigenvalue weighted by Crippen LogP contribution is -2.39. The molecule has 2 unspecified atom stereocenters. The van der Waals surface area contributed by atoms with Gasteiger partial charge < -0.3 is 23.8 Å². The minimum atomic E-state index is -0.105. The highest BCUT2D eigenvalue weighted by Crippen LogP contribution is 2.43. The van der Waals surface area contributed by atoms with Crippen molar-refractivity contribution in [2.45, 2.75) is 76.5 Å². The third-order valence-corrected chi connectivity index (χ3v) is 9.57. The molecule has 2 heterocycles. The fourth-order valence-electron chi connectivity index (χ4n) is 7.31. The number of rotatable bonds is 10. The van der Waals surface area contributed by atoms with Crippen molar-refractivity contribution >= 4 is 5.69 Å². The van der Waals surface area contributed by atoms with E-state index in [1.54, 1.807) is 14.2 Å². The molecule has 1 saturated heterocycles. The van der Waals surface area contributed by atoms with E-state index in [9.17, 15) is 0 Å². The van der Waals surface area contributed by atoms with Crippen molar-refractivity contribution in [3.05, 3.63) is 95.1 Å². The van der Waals surface area contributed by atoms with E-state index in [0.29, 0.717) is 19.1 Å². The summed E-state index contributed by atoms with van der Waals surface area (Å²) in [6.07, 6.45) is 8.82. The summed E-state index contributed by atoms with van der Waals surface area (Å²) in [5.74, 6) is 2.38. The zero-order chi connectivity index (χ0) is 28.0. The number of nitrogens with zero attached hydrogens (tertiary/aromatic N) is 1. The molecule has 1 saturated carbocycles. The molecule has 3 aromatic rings. The first-order valence-corrected chi connectivity index (χ1v) is 15.5. The summed E-state index contributed by atoms with van der Waals surface area (Å²) >= 11 is 0. The Labute approximate surface area is 245 Å². The molecule has 6 rings (SSSR count). The topological polar surface area (TPSA) is 40.2 Å². The maximum atomic E-state index is 6.66. The van der Waals surface area contributed by atoms with E-state index in [1.807, 2.05) is 6.07 Å². The Morgan fingerprint density at radius 1 is 0.854 bits per heavy atom. The van der Waals surface area contributed by atoms with E-state index in [1.165, 1.54) is 53.6 Å². The Balaban J connectivity index is 1.19. The summed E-state index contributed by atoms with van der Waals surface area (Å²) in [7, 11) is 3.48. The average Bonchev–Trinajstić information content (AvgIpc) is 3.55. The van der Waals surface area contributed by atoms with Crippen LogP contribution in [0.3, 0.4) is 0 Å². The maximum Gasteiger partial charge on any atom is 0.159 e. The van der Waals surface area contributed by atoms with Crippen LogP contribution in [0, 0.1) is 11.8 Å². The average molecular weight is 556 g/mol. The molecule has 0 spiro atoms. The maximum absolute atomic E-state index is 6.66. The lowest BCUT2D eigenvalue weighted by atomic mass is 9.79. The van der Waals surface area contributed by atoms with Crippen LogP contribution in [-0.4, -0.2) is 39.7 Å². The number of fused-ring (bicyclic) bond motifs is 1.